The monoisotopic (exact) mass is 455 g/mol. The molecule has 0 saturated carbocycles. The van der Waals surface area contributed by atoms with Gasteiger partial charge in [0, 0.05) is 42.3 Å². The van der Waals surface area contributed by atoms with E-state index in [2.05, 4.69) is 22.3 Å². The first-order valence-electron chi connectivity index (χ1n) is 12.1. The van der Waals surface area contributed by atoms with Gasteiger partial charge in [-0.15, -0.1) is 0 Å². The zero-order valence-corrected chi connectivity index (χ0v) is 19.2. The number of aliphatic hydroxyl groups is 1. The fraction of sp³-hybridized carbons (Fsp3) is 0.357. The van der Waals surface area contributed by atoms with Crippen molar-refractivity contribution in [3.8, 4) is 11.1 Å². The fourth-order valence-electron chi connectivity index (χ4n) is 6.56. The molecule has 4 atom stereocenters. The van der Waals surface area contributed by atoms with E-state index >= 15 is 0 Å². The maximum absolute atomic E-state index is 13.4. The Balaban J connectivity index is 1.26. The lowest BCUT2D eigenvalue weighted by atomic mass is 9.88. The van der Waals surface area contributed by atoms with Gasteiger partial charge in [0.2, 0.25) is 5.91 Å². The number of rotatable bonds is 4. The van der Waals surface area contributed by atoms with Crippen LogP contribution in [0.15, 0.2) is 71.5 Å². The molecule has 1 aromatic heterocycles. The molecule has 6 rings (SSSR count). The van der Waals surface area contributed by atoms with Crippen molar-refractivity contribution >= 4 is 5.91 Å². The zero-order chi connectivity index (χ0) is 23.4. The number of nitrogens with zero attached hydrogens (tertiary/aromatic N) is 2. The minimum atomic E-state index is -0.415. The third kappa shape index (κ3) is 3.24. The number of amides is 1. The molecule has 6 heteroatoms. The van der Waals surface area contributed by atoms with Crippen molar-refractivity contribution in [3.05, 3.63) is 93.9 Å². The Hall–Kier alpha value is -3.22. The van der Waals surface area contributed by atoms with Crippen LogP contribution in [-0.4, -0.2) is 46.2 Å². The summed E-state index contributed by atoms with van der Waals surface area (Å²) in [4.78, 5) is 28.9. The maximum atomic E-state index is 13.4. The lowest BCUT2D eigenvalue weighted by Gasteiger charge is -2.28. The lowest BCUT2D eigenvalue weighted by Crippen LogP contribution is -2.50. The molecule has 2 aromatic carbocycles. The molecule has 3 aliphatic rings. The number of hydrogen-bond donors (Lipinski definition) is 2. The quantitative estimate of drug-likeness (QED) is 0.634. The number of likely N-dealkylation sites (tertiary alicyclic amines) is 1. The molecule has 2 N–H and O–H groups in total. The highest BCUT2D eigenvalue weighted by molar-refractivity contribution is 5.83. The molecule has 2 aliphatic heterocycles. The van der Waals surface area contributed by atoms with E-state index in [1.807, 2.05) is 66.2 Å². The first-order valence-corrected chi connectivity index (χ1v) is 12.1. The summed E-state index contributed by atoms with van der Waals surface area (Å²) in [6, 6.07) is 21.6. The van der Waals surface area contributed by atoms with Crippen LogP contribution in [0.5, 0.6) is 0 Å². The third-order valence-corrected chi connectivity index (χ3v) is 8.10. The molecule has 0 spiro atoms. The lowest BCUT2D eigenvalue weighted by molar-refractivity contribution is -0.127. The molecule has 6 nitrogen and oxygen atoms in total. The predicted molar refractivity (Wildman–Crippen MR) is 130 cm³/mol. The van der Waals surface area contributed by atoms with Gasteiger partial charge in [0.1, 0.15) is 0 Å². The van der Waals surface area contributed by atoms with Gasteiger partial charge in [-0.3, -0.25) is 14.5 Å². The molecular formula is C28H29N3O3. The van der Waals surface area contributed by atoms with Crippen molar-refractivity contribution in [1.82, 2.24) is 14.8 Å². The maximum Gasteiger partial charge on any atom is 0.258 e. The molecule has 3 aromatic rings. The highest BCUT2D eigenvalue weighted by atomic mass is 16.3. The number of hydrogen-bond acceptors (Lipinski definition) is 4. The molecule has 0 bridgehead atoms. The van der Waals surface area contributed by atoms with E-state index in [9.17, 15) is 14.7 Å². The number of aromatic nitrogens is 1. The van der Waals surface area contributed by atoms with Crippen LogP contribution in [0, 0.1) is 11.8 Å². The molecule has 0 unspecified atom stereocenters. The number of carbonyl (C=O) groups is 1. The number of carbonyl (C=O) groups excluding carboxylic acids is 1. The molecule has 174 valence electrons. The Morgan fingerprint density at radius 2 is 1.68 bits per heavy atom. The van der Waals surface area contributed by atoms with Gasteiger partial charge in [0.05, 0.1) is 12.1 Å². The fourth-order valence-corrected chi connectivity index (χ4v) is 6.56. The summed E-state index contributed by atoms with van der Waals surface area (Å²) in [5.41, 5.74) is 5.10. The molecule has 1 fully saturated rings. The second-order valence-electron chi connectivity index (χ2n) is 9.90. The smallest absolute Gasteiger partial charge is 0.258 e. The van der Waals surface area contributed by atoms with Crippen LogP contribution in [0.3, 0.4) is 0 Å². The van der Waals surface area contributed by atoms with Crippen molar-refractivity contribution < 1.29 is 9.90 Å². The zero-order valence-electron chi connectivity index (χ0n) is 19.2. The summed E-state index contributed by atoms with van der Waals surface area (Å²) < 4.78 is 1.85. The Bertz CT molecular complexity index is 1280. The predicted octanol–water partition coefficient (Wildman–Crippen LogP) is 2.39. The number of pyridine rings is 1. The number of aliphatic hydroxyl groups excluding tert-OH is 1. The summed E-state index contributed by atoms with van der Waals surface area (Å²) in [5, 5.41) is 13.6. The largest absolute Gasteiger partial charge is 0.396 e. The Morgan fingerprint density at radius 3 is 2.35 bits per heavy atom. The van der Waals surface area contributed by atoms with Gasteiger partial charge >= 0.3 is 0 Å². The van der Waals surface area contributed by atoms with Gasteiger partial charge in [-0.05, 0) is 48.7 Å². The van der Waals surface area contributed by atoms with Crippen molar-refractivity contribution in [2.75, 3.05) is 13.7 Å². The Labute approximate surface area is 198 Å². The van der Waals surface area contributed by atoms with E-state index in [0.717, 1.165) is 24.1 Å². The van der Waals surface area contributed by atoms with E-state index in [1.54, 1.807) is 0 Å². The van der Waals surface area contributed by atoms with Crippen LogP contribution < -0.4 is 10.9 Å². The van der Waals surface area contributed by atoms with Crippen LogP contribution in [0.25, 0.3) is 11.1 Å². The van der Waals surface area contributed by atoms with Crippen molar-refractivity contribution in [2.45, 2.75) is 37.5 Å². The Morgan fingerprint density at radius 1 is 1.00 bits per heavy atom. The van der Waals surface area contributed by atoms with E-state index < -0.39 is 6.04 Å². The molecule has 1 saturated heterocycles. The second-order valence-corrected chi connectivity index (χ2v) is 9.90. The highest BCUT2D eigenvalue weighted by Gasteiger charge is 2.54. The first-order chi connectivity index (χ1) is 16.6. The molecular weight excluding hydrogens is 426 g/mol. The van der Waals surface area contributed by atoms with Gasteiger partial charge in [-0.2, -0.15) is 0 Å². The molecule has 3 heterocycles. The summed E-state index contributed by atoms with van der Waals surface area (Å²) in [6.45, 7) is 0.441. The van der Waals surface area contributed by atoms with Crippen LogP contribution in [-0.2, 0) is 24.2 Å². The van der Waals surface area contributed by atoms with E-state index in [1.165, 1.54) is 11.1 Å². The van der Waals surface area contributed by atoms with Crippen LogP contribution in [0.4, 0.5) is 0 Å². The number of benzene rings is 2. The summed E-state index contributed by atoms with van der Waals surface area (Å²) in [7, 11) is 1.95. The normalized spacial score (nSPS) is 25.7. The summed E-state index contributed by atoms with van der Waals surface area (Å²) >= 11 is 0. The van der Waals surface area contributed by atoms with Gasteiger partial charge in [-0.25, -0.2) is 0 Å². The third-order valence-electron chi connectivity index (χ3n) is 8.10. The van der Waals surface area contributed by atoms with Gasteiger partial charge in [-0.1, -0.05) is 54.6 Å². The molecule has 1 amide bonds. The van der Waals surface area contributed by atoms with Gasteiger partial charge in [0.25, 0.3) is 5.56 Å². The standard InChI is InChI=1S/C28H29N3O3/c1-30-25-22(15-31-24(25)12-11-21(28(31)34)17-7-3-2-4-8-17)23(16-32)26(30)27(33)29-20-13-18-9-5-6-10-19(18)14-20/h2-12,20,22-23,25-26,32H,13-16H2,1H3,(H,29,33)/t22-,23-,25+,26-/m0/s1. The van der Waals surface area contributed by atoms with Crippen LogP contribution >= 0.6 is 0 Å². The SMILES string of the molecule is CN1[C@H](C(=O)NC2Cc3ccccc3C2)[C@@H](CO)[C@@H]2Cn3c(ccc(-c4ccccc4)c3=O)[C@@H]21. The topological polar surface area (TPSA) is 74.6 Å². The summed E-state index contributed by atoms with van der Waals surface area (Å²) in [5.74, 6) is -0.230. The van der Waals surface area contributed by atoms with E-state index in [0.29, 0.717) is 12.1 Å². The molecule has 34 heavy (non-hydrogen) atoms. The average Bonchev–Trinajstić information content (AvgIpc) is 3.51. The number of nitrogens with one attached hydrogen (secondary N) is 1. The second kappa shape index (κ2) is 8.22. The van der Waals surface area contributed by atoms with Crippen molar-refractivity contribution in [3.63, 3.8) is 0 Å². The number of likely N-dealkylation sites (N-methyl/N-ethyl adjacent to an activating group) is 1. The molecule has 0 radical (unpaired) electrons. The average molecular weight is 456 g/mol. The Kier molecular flexibility index (Phi) is 5.15. The van der Waals surface area contributed by atoms with Crippen LogP contribution in [0.1, 0.15) is 22.9 Å². The minimum absolute atomic E-state index is 0.00656. The minimum Gasteiger partial charge on any atom is -0.396 e. The summed E-state index contributed by atoms with van der Waals surface area (Å²) in [6.07, 6.45) is 1.69. The highest BCUT2D eigenvalue weighted by Crippen LogP contribution is 2.48. The molecule has 1 aliphatic carbocycles. The van der Waals surface area contributed by atoms with E-state index in [-0.39, 0.29) is 42.0 Å². The van der Waals surface area contributed by atoms with Crippen LogP contribution in [0.2, 0.25) is 0 Å². The van der Waals surface area contributed by atoms with Gasteiger partial charge < -0.3 is 15.0 Å². The first kappa shape index (κ1) is 21.3. The number of fused-ring (bicyclic) bond motifs is 4. The van der Waals surface area contributed by atoms with Gasteiger partial charge in [0.15, 0.2) is 0 Å². The van der Waals surface area contributed by atoms with Crippen molar-refractivity contribution in [2.24, 2.45) is 11.8 Å². The van der Waals surface area contributed by atoms with Crippen molar-refractivity contribution in [1.29, 1.82) is 0 Å². The van der Waals surface area contributed by atoms with E-state index in [4.69, 9.17) is 0 Å².